The maximum atomic E-state index is 13.0. The molecular formula is C13H17F3OSi. The number of rotatable bonds is 5. The van der Waals surface area contributed by atoms with Crippen LogP contribution in [-0.4, -0.2) is 14.7 Å². The Morgan fingerprint density at radius 2 is 1.83 bits per heavy atom. The maximum Gasteiger partial charge on any atom is 0.306 e. The molecule has 0 aliphatic heterocycles. The van der Waals surface area contributed by atoms with Crippen molar-refractivity contribution < 1.29 is 17.9 Å². The lowest BCUT2D eigenvalue weighted by molar-refractivity contribution is 0.338. The lowest BCUT2D eigenvalue weighted by atomic mass is 10.2. The molecule has 0 spiro atoms. The molecule has 100 valence electrons. The minimum atomic E-state index is -2.31. The summed E-state index contributed by atoms with van der Waals surface area (Å²) >= 11 is 0. The molecule has 0 saturated heterocycles. The van der Waals surface area contributed by atoms with Gasteiger partial charge in [-0.3, -0.25) is 0 Å². The first-order valence-corrected chi connectivity index (χ1v) is 9.44. The minimum Gasteiger partial charge on any atom is -0.494 e. The summed E-state index contributed by atoms with van der Waals surface area (Å²) in [6.45, 7) is 7.18. The molecule has 0 amide bonds. The van der Waals surface area contributed by atoms with Gasteiger partial charge in [0.15, 0.2) is 5.83 Å². The summed E-state index contributed by atoms with van der Waals surface area (Å²) in [5.74, 6) is -1.08. The molecule has 0 aromatic heterocycles. The van der Waals surface area contributed by atoms with E-state index in [1.165, 1.54) is 18.2 Å². The summed E-state index contributed by atoms with van der Waals surface area (Å²) in [7, 11) is -1.19. The highest BCUT2D eigenvalue weighted by molar-refractivity contribution is 6.76. The van der Waals surface area contributed by atoms with Gasteiger partial charge >= 0.3 is 6.08 Å². The molecule has 1 aromatic carbocycles. The van der Waals surface area contributed by atoms with E-state index in [1.54, 1.807) is 6.07 Å². The quantitative estimate of drug-likeness (QED) is 0.691. The Bertz CT molecular complexity index is 434. The fourth-order valence-electron chi connectivity index (χ4n) is 1.31. The second-order valence-corrected chi connectivity index (χ2v) is 10.9. The fourth-order valence-corrected chi connectivity index (χ4v) is 2.02. The van der Waals surface area contributed by atoms with Crippen LogP contribution in [0.4, 0.5) is 13.2 Å². The van der Waals surface area contributed by atoms with E-state index in [2.05, 4.69) is 19.6 Å². The van der Waals surface area contributed by atoms with Gasteiger partial charge in [-0.15, -0.1) is 0 Å². The van der Waals surface area contributed by atoms with Crippen LogP contribution in [0.5, 0.6) is 5.75 Å². The highest BCUT2D eigenvalue weighted by Gasteiger charge is 2.13. The highest BCUT2D eigenvalue weighted by Crippen LogP contribution is 2.25. The Balaban J connectivity index is 2.69. The minimum absolute atomic E-state index is 0.152. The standard InChI is InChI=1S/C13H17F3OSi/c1-18(2,3)8-7-17-11-6-4-5-10(9-11)12(14)13(15)16/h4-6,9H,7-8H2,1-3H3. The zero-order chi connectivity index (χ0) is 13.8. The van der Waals surface area contributed by atoms with Crippen LogP contribution in [-0.2, 0) is 0 Å². The summed E-state index contributed by atoms with van der Waals surface area (Å²) in [4.78, 5) is 0. The average molecular weight is 274 g/mol. The molecule has 0 bridgehead atoms. The van der Waals surface area contributed by atoms with E-state index in [0.717, 1.165) is 6.04 Å². The van der Waals surface area contributed by atoms with Crippen LogP contribution in [0.3, 0.4) is 0 Å². The topological polar surface area (TPSA) is 9.23 Å². The molecular weight excluding hydrogens is 257 g/mol. The molecule has 1 aromatic rings. The van der Waals surface area contributed by atoms with Gasteiger partial charge in [0, 0.05) is 13.6 Å². The third-order valence-electron chi connectivity index (χ3n) is 2.37. The Morgan fingerprint density at radius 1 is 1.17 bits per heavy atom. The van der Waals surface area contributed by atoms with Crippen molar-refractivity contribution in [3.63, 3.8) is 0 Å². The van der Waals surface area contributed by atoms with E-state index in [-0.39, 0.29) is 5.56 Å². The molecule has 1 rings (SSSR count). The van der Waals surface area contributed by atoms with E-state index < -0.39 is 20.0 Å². The van der Waals surface area contributed by atoms with Crippen LogP contribution in [0.2, 0.25) is 25.7 Å². The normalized spacial score (nSPS) is 11.2. The fraction of sp³-hybridized carbons (Fsp3) is 0.385. The number of halogens is 3. The van der Waals surface area contributed by atoms with Crippen LogP contribution in [0, 0.1) is 0 Å². The van der Waals surface area contributed by atoms with Crippen molar-refractivity contribution in [2.75, 3.05) is 6.61 Å². The van der Waals surface area contributed by atoms with Crippen LogP contribution in [0.1, 0.15) is 5.56 Å². The third-order valence-corrected chi connectivity index (χ3v) is 4.08. The summed E-state index contributed by atoms with van der Waals surface area (Å²) in [6.07, 6.45) is -2.31. The molecule has 0 fully saturated rings. The summed E-state index contributed by atoms with van der Waals surface area (Å²) in [5.41, 5.74) is -0.152. The van der Waals surface area contributed by atoms with Crippen molar-refractivity contribution in [2.45, 2.75) is 25.7 Å². The van der Waals surface area contributed by atoms with Crippen molar-refractivity contribution in [2.24, 2.45) is 0 Å². The van der Waals surface area contributed by atoms with Crippen molar-refractivity contribution in [1.82, 2.24) is 0 Å². The lowest BCUT2D eigenvalue weighted by Crippen LogP contribution is -2.22. The van der Waals surface area contributed by atoms with Crippen LogP contribution >= 0.6 is 0 Å². The molecule has 0 radical (unpaired) electrons. The molecule has 0 atom stereocenters. The molecule has 1 nitrogen and oxygen atoms in total. The van der Waals surface area contributed by atoms with Crippen molar-refractivity contribution in [3.05, 3.63) is 35.9 Å². The monoisotopic (exact) mass is 274 g/mol. The molecule has 0 aliphatic rings. The number of hydrogen-bond acceptors (Lipinski definition) is 1. The zero-order valence-corrected chi connectivity index (χ0v) is 11.8. The molecule has 0 N–H and O–H groups in total. The Labute approximate surface area is 106 Å². The van der Waals surface area contributed by atoms with E-state index in [0.29, 0.717) is 12.4 Å². The summed E-state index contributed by atoms with van der Waals surface area (Å²) in [6, 6.07) is 6.68. The first kappa shape index (κ1) is 14.8. The predicted octanol–water partition coefficient (Wildman–Crippen LogP) is 4.94. The van der Waals surface area contributed by atoms with E-state index in [1.807, 2.05) is 0 Å². The lowest BCUT2D eigenvalue weighted by Gasteiger charge is -2.16. The number of ether oxygens (including phenoxy) is 1. The molecule has 0 saturated carbocycles. The average Bonchev–Trinajstić information content (AvgIpc) is 2.26. The maximum absolute atomic E-state index is 13.0. The first-order valence-electron chi connectivity index (χ1n) is 5.73. The molecule has 5 heteroatoms. The van der Waals surface area contributed by atoms with Crippen LogP contribution in [0.15, 0.2) is 30.3 Å². The summed E-state index contributed by atoms with van der Waals surface area (Å²) in [5, 5.41) is 0. The van der Waals surface area contributed by atoms with Gasteiger partial charge in [0.1, 0.15) is 5.75 Å². The zero-order valence-electron chi connectivity index (χ0n) is 10.8. The number of benzene rings is 1. The summed E-state index contributed by atoms with van der Waals surface area (Å²) < 4.78 is 42.7. The molecule has 18 heavy (non-hydrogen) atoms. The van der Waals surface area contributed by atoms with Gasteiger partial charge in [0.25, 0.3) is 0 Å². The van der Waals surface area contributed by atoms with Gasteiger partial charge < -0.3 is 4.74 Å². The van der Waals surface area contributed by atoms with Crippen molar-refractivity contribution in [3.8, 4) is 5.75 Å². The third kappa shape index (κ3) is 4.95. The SMILES string of the molecule is C[Si](C)(C)CCOc1cccc(C(F)=C(F)F)c1. The largest absolute Gasteiger partial charge is 0.494 e. The van der Waals surface area contributed by atoms with E-state index in [4.69, 9.17) is 4.74 Å². The van der Waals surface area contributed by atoms with Gasteiger partial charge in [-0.1, -0.05) is 31.8 Å². The van der Waals surface area contributed by atoms with Gasteiger partial charge in [-0.2, -0.15) is 8.78 Å². The second kappa shape index (κ2) is 6.09. The van der Waals surface area contributed by atoms with Crippen molar-refractivity contribution >= 4 is 13.9 Å². The Kier molecular flexibility index (Phi) is 5.01. The van der Waals surface area contributed by atoms with Crippen molar-refractivity contribution in [1.29, 1.82) is 0 Å². The van der Waals surface area contributed by atoms with Gasteiger partial charge in [0.05, 0.1) is 6.61 Å². The van der Waals surface area contributed by atoms with Gasteiger partial charge in [-0.05, 0) is 18.2 Å². The first-order chi connectivity index (χ1) is 8.29. The predicted molar refractivity (Wildman–Crippen MR) is 70.3 cm³/mol. The van der Waals surface area contributed by atoms with E-state index in [9.17, 15) is 13.2 Å². The van der Waals surface area contributed by atoms with Gasteiger partial charge in [0.2, 0.25) is 0 Å². The molecule has 0 unspecified atom stereocenters. The smallest absolute Gasteiger partial charge is 0.306 e. The molecule has 0 heterocycles. The highest BCUT2D eigenvalue weighted by atomic mass is 28.3. The van der Waals surface area contributed by atoms with Gasteiger partial charge in [-0.25, -0.2) is 4.39 Å². The van der Waals surface area contributed by atoms with Crippen LogP contribution < -0.4 is 4.74 Å². The number of hydrogen-bond donors (Lipinski definition) is 0. The van der Waals surface area contributed by atoms with E-state index >= 15 is 0 Å². The second-order valence-electron chi connectivity index (χ2n) is 5.26. The molecule has 0 aliphatic carbocycles. The van der Waals surface area contributed by atoms with Crippen LogP contribution in [0.25, 0.3) is 5.83 Å². The Morgan fingerprint density at radius 3 is 2.39 bits per heavy atom. The Hall–Kier alpha value is -1.23.